The van der Waals surface area contributed by atoms with Gasteiger partial charge in [0.2, 0.25) is 10.0 Å². The molecule has 0 bridgehead atoms. The summed E-state index contributed by atoms with van der Waals surface area (Å²) in [5, 5.41) is -0.193. The third-order valence-electron chi connectivity index (χ3n) is 2.55. The lowest BCUT2D eigenvalue weighted by Gasteiger charge is -2.27. The number of carbonyl (C=O) groups excluding carboxylic acids is 1. The molecule has 1 fully saturated rings. The highest BCUT2D eigenvalue weighted by molar-refractivity contribution is 7.90. The van der Waals surface area contributed by atoms with Crippen LogP contribution < -0.4 is 4.72 Å². The van der Waals surface area contributed by atoms with Crippen LogP contribution in [0.25, 0.3) is 0 Å². The van der Waals surface area contributed by atoms with E-state index in [1.165, 1.54) is 0 Å². The van der Waals surface area contributed by atoms with Gasteiger partial charge in [0, 0.05) is 11.4 Å². The minimum atomic E-state index is -3.63. The van der Waals surface area contributed by atoms with Crippen LogP contribution in [0.1, 0.15) is 25.7 Å². The maximum absolute atomic E-state index is 11.5. The Morgan fingerprint density at radius 2 is 2.06 bits per heavy atom. The lowest BCUT2D eigenvalue weighted by molar-refractivity contribution is -0.137. The summed E-state index contributed by atoms with van der Waals surface area (Å²) in [6.45, 7) is 0. The lowest BCUT2D eigenvalue weighted by Crippen LogP contribution is -2.44. The molecule has 1 rings (SSSR count). The van der Waals surface area contributed by atoms with Crippen molar-refractivity contribution in [3.63, 3.8) is 0 Å². The molecule has 1 saturated carbocycles. The zero-order chi connectivity index (χ0) is 12.2. The minimum absolute atomic E-state index is 0.193. The number of rotatable bonds is 4. The molecule has 94 valence electrons. The van der Waals surface area contributed by atoms with Crippen LogP contribution in [-0.4, -0.2) is 38.7 Å². The van der Waals surface area contributed by atoms with Gasteiger partial charge in [-0.2, -0.15) is 0 Å². The van der Waals surface area contributed by atoms with Crippen LogP contribution in [0.2, 0.25) is 0 Å². The first-order chi connectivity index (χ1) is 7.44. The molecule has 0 aliphatic heterocycles. The van der Waals surface area contributed by atoms with Crippen molar-refractivity contribution < 1.29 is 17.9 Å². The number of nitrogens with one attached hydrogen (secondary N) is 1. The monoisotopic (exact) mass is 269 g/mol. The summed E-state index contributed by atoms with van der Waals surface area (Å²) in [4.78, 5) is 10.9. The number of esters is 1. The van der Waals surface area contributed by atoms with Crippen molar-refractivity contribution in [2.45, 2.75) is 37.1 Å². The van der Waals surface area contributed by atoms with E-state index >= 15 is 0 Å². The number of sulfonamides is 1. The molecule has 1 aliphatic rings. The quantitative estimate of drug-likeness (QED) is 0.600. The van der Waals surface area contributed by atoms with Crippen molar-refractivity contribution >= 4 is 27.6 Å². The van der Waals surface area contributed by atoms with E-state index < -0.39 is 21.7 Å². The number of ether oxygens (including phenoxy) is 1. The maximum Gasteiger partial charge on any atom is 0.322 e. The summed E-state index contributed by atoms with van der Waals surface area (Å²) in [7, 11) is -2.48. The van der Waals surface area contributed by atoms with E-state index in [2.05, 4.69) is 9.46 Å². The minimum Gasteiger partial charge on any atom is -0.468 e. The fourth-order valence-corrected chi connectivity index (χ4v) is 3.38. The van der Waals surface area contributed by atoms with E-state index in [0.29, 0.717) is 6.42 Å². The molecule has 16 heavy (non-hydrogen) atoms. The number of carbonyl (C=O) groups is 1. The van der Waals surface area contributed by atoms with Crippen LogP contribution >= 0.6 is 11.6 Å². The Balaban J connectivity index is 2.54. The first-order valence-electron chi connectivity index (χ1n) is 5.15. The Morgan fingerprint density at radius 1 is 1.44 bits per heavy atom. The Morgan fingerprint density at radius 3 is 2.62 bits per heavy atom. The van der Waals surface area contributed by atoms with E-state index in [0.717, 1.165) is 26.4 Å². The summed E-state index contributed by atoms with van der Waals surface area (Å²) in [5.41, 5.74) is 0. The molecule has 0 aromatic rings. The molecule has 0 spiro atoms. The number of methoxy groups -OCH3 is 1. The average Bonchev–Trinajstić information content (AvgIpc) is 2.20. The van der Waals surface area contributed by atoms with Gasteiger partial charge in [0.05, 0.1) is 7.11 Å². The van der Waals surface area contributed by atoms with Crippen molar-refractivity contribution in [3.05, 3.63) is 0 Å². The second-order valence-corrected chi connectivity index (χ2v) is 6.17. The first-order valence-corrected chi connectivity index (χ1v) is 7.24. The molecule has 1 aliphatic carbocycles. The van der Waals surface area contributed by atoms with Gasteiger partial charge in [-0.05, 0) is 12.8 Å². The zero-order valence-corrected chi connectivity index (χ0v) is 10.7. The molecule has 0 radical (unpaired) electrons. The maximum atomic E-state index is 11.5. The Hall–Kier alpha value is -0.330. The van der Waals surface area contributed by atoms with Crippen molar-refractivity contribution in [3.8, 4) is 0 Å². The third-order valence-corrected chi connectivity index (χ3v) is 4.35. The standard InChI is InChI=1S/C9H16ClNO4S/c1-15-9(12)6-16(13,14)11-8-5-3-2-4-7(8)10/h7-8,11H,2-6H2,1H3. The normalized spacial score (nSPS) is 26.4. The van der Waals surface area contributed by atoms with Gasteiger partial charge in [0.15, 0.2) is 5.75 Å². The second kappa shape index (κ2) is 5.84. The molecule has 2 unspecified atom stereocenters. The Kier molecular flexibility index (Phi) is 5.01. The lowest BCUT2D eigenvalue weighted by atomic mass is 9.96. The van der Waals surface area contributed by atoms with Crippen LogP contribution in [0, 0.1) is 0 Å². The SMILES string of the molecule is COC(=O)CS(=O)(=O)NC1CCCCC1Cl. The van der Waals surface area contributed by atoms with E-state index in [4.69, 9.17) is 11.6 Å². The highest BCUT2D eigenvalue weighted by Gasteiger charge is 2.28. The first kappa shape index (κ1) is 13.7. The number of halogens is 1. The number of hydrogen-bond acceptors (Lipinski definition) is 4. The van der Waals surface area contributed by atoms with Crippen LogP contribution in [0.15, 0.2) is 0 Å². The van der Waals surface area contributed by atoms with Crippen molar-refractivity contribution in [2.24, 2.45) is 0 Å². The second-order valence-electron chi connectivity index (χ2n) is 3.86. The Labute approximate surface area is 101 Å². The molecule has 7 heteroatoms. The van der Waals surface area contributed by atoms with Gasteiger partial charge in [-0.3, -0.25) is 4.79 Å². The van der Waals surface area contributed by atoms with E-state index in [1.54, 1.807) is 0 Å². The molecule has 0 heterocycles. The largest absolute Gasteiger partial charge is 0.468 e. The van der Waals surface area contributed by atoms with Crippen LogP contribution in [0.3, 0.4) is 0 Å². The molecule has 2 atom stereocenters. The number of hydrogen-bond donors (Lipinski definition) is 1. The average molecular weight is 270 g/mol. The van der Waals surface area contributed by atoms with Crippen molar-refractivity contribution in [1.82, 2.24) is 4.72 Å². The summed E-state index contributed by atoms with van der Waals surface area (Å²) in [6, 6.07) is -0.273. The molecule has 1 N–H and O–H groups in total. The molecule has 5 nitrogen and oxygen atoms in total. The summed E-state index contributed by atoms with van der Waals surface area (Å²) < 4.78 is 29.8. The molecule has 0 saturated heterocycles. The highest BCUT2D eigenvalue weighted by Crippen LogP contribution is 2.23. The van der Waals surface area contributed by atoms with Crippen molar-refractivity contribution in [1.29, 1.82) is 0 Å². The predicted octanol–water partition coefficient (Wildman–Crippen LogP) is 0.629. The fraction of sp³-hybridized carbons (Fsp3) is 0.889. The fourth-order valence-electron chi connectivity index (χ4n) is 1.70. The van der Waals surface area contributed by atoms with Gasteiger partial charge < -0.3 is 4.74 Å². The summed E-state index contributed by atoms with van der Waals surface area (Å²) in [5.74, 6) is -1.42. The van der Waals surface area contributed by atoms with Crippen LogP contribution in [0.5, 0.6) is 0 Å². The van der Waals surface area contributed by atoms with Gasteiger partial charge in [-0.1, -0.05) is 12.8 Å². The molecule has 0 aromatic heterocycles. The zero-order valence-electron chi connectivity index (χ0n) is 9.11. The Bertz CT molecular complexity index is 343. The molecular weight excluding hydrogens is 254 g/mol. The van der Waals surface area contributed by atoms with Gasteiger partial charge in [0.25, 0.3) is 0 Å². The summed E-state index contributed by atoms with van der Waals surface area (Å²) >= 11 is 6.02. The number of alkyl halides is 1. The summed E-state index contributed by atoms with van der Waals surface area (Å²) in [6.07, 6.45) is 3.49. The van der Waals surface area contributed by atoms with Crippen LogP contribution in [0.4, 0.5) is 0 Å². The van der Waals surface area contributed by atoms with Crippen molar-refractivity contribution in [2.75, 3.05) is 12.9 Å². The van der Waals surface area contributed by atoms with E-state index in [9.17, 15) is 13.2 Å². The van der Waals surface area contributed by atoms with Gasteiger partial charge in [-0.25, -0.2) is 13.1 Å². The topological polar surface area (TPSA) is 72.5 Å². The van der Waals surface area contributed by atoms with E-state index in [1.807, 2.05) is 0 Å². The predicted molar refractivity (Wildman–Crippen MR) is 60.8 cm³/mol. The van der Waals surface area contributed by atoms with E-state index in [-0.39, 0.29) is 11.4 Å². The third kappa shape index (κ3) is 4.27. The smallest absolute Gasteiger partial charge is 0.322 e. The highest BCUT2D eigenvalue weighted by atomic mass is 35.5. The molecular formula is C9H16ClNO4S. The van der Waals surface area contributed by atoms with Crippen LogP contribution in [-0.2, 0) is 19.6 Å². The molecule has 0 amide bonds. The van der Waals surface area contributed by atoms with Gasteiger partial charge >= 0.3 is 5.97 Å². The van der Waals surface area contributed by atoms with Gasteiger partial charge in [0.1, 0.15) is 0 Å². The van der Waals surface area contributed by atoms with Gasteiger partial charge in [-0.15, -0.1) is 11.6 Å². The molecule has 0 aromatic carbocycles.